The summed E-state index contributed by atoms with van der Waals surface area (Å²) in [7, 11) is 1.66. The van der Waals surface area contributed by atoms with E-state index in [0.29, 0.717) is 11.1 Å². The summed E-state index contributed by atoms with van der Waals surface area (Å²) < 4.78 is 33.4. The second kappa shape index (κ2) is 5.06. The summed E-state index contributed by atoms with van der Waals surface area (Å²) in [5, 5.41) is 3.80. The van der Waals surface area contributed by atoms with Crippen LogP contribution in [0.1, 0.15) is 17.2 Å². The standard InChI is InChI=1S/C16H13F2NO/c1-19-16(15-12(17)6-4-7-13(15)18)11-9-20-14-8-3-2-5-10(11)14/h2-9,16,19H,1H3. The molecular formula is C16H13F2NO. The minimum atomic E-state index is -0.597. The molecule has 0 aliphatic carbocycles. The summed E-state index contributed by atoms with van der Waals surface area (Å²) in [5.41, 5.74) is 1.41. The van der Waals surface area contributed by atoms with Gasteiger partial charge >= 0.3 is 0 Å². The Morgan fingerprint density at radius 3 is 2.40 bits per heavy atom. The van der Waals surface area contributed by atoms with Crippen LogP contribution in [-0.2, 0) is 0 Å². The van der Waals surface area contributed by atoms with Crippen molar-refractivity contribution >= 4 is 11.0 Å². The Hall–Kier alpha value is -2.20. The first-order valence-electron chi connectivity index (χ1n) is 6.29. The lowest BCUT2D eigenvalue weighted by Gasteiger charge is -2.17. The van der Waals surface area contributed by atoms with E-state index in [4.69, 9.17) is 4.42 Å². The van der Waals surface area contributed by atoms with Crippen LogP contribution in [0.25, 0.3) is 11.0 Å². The number of halogens is 2. The molecule has 0 radical (unpaired) electrons. The highest BCUT2D eigenvalue weighted by Crippen LogP contribution is 2.32. The van der Waals surface area contributed by atoms with Crippen LogP contribution < -0.4 is 5.32 Å². The molecule has 0 spiro atoms. The molecule has 3 rings (SSSR count). The zero-order valence-corrected chi connectivity index (χ0v) is 10.9. The van der Waals surface area contributed by atoms with Crippen molar-refractivity contribution in [2.75, 3.05) is 7.05 Å². The van der Waals surface area contributed by atoms with Gasteiger partial charge in [0, 0.05) is 16.5 Å². The molecule has 2 nitrogen and oxygen atoms in total. The minimum Gasteiger partial charge on any atom is -0.464 e. The van der Waals surface area contributed by atoms with Crippen molar-refractivity contribution in [3.05, 3.63) is 71.5 Å². The molecule has 0 saturated heterocycles. The number of benzene rings is 2. The molecule has 1 N–H and O–H groups in total. The van der Waals surface area contributed by atoms with Crippen LogP contribution in [0, 0.1) is 11.6 Å². The Balaban J connectivity index is 2.20. The van der Waals surface area contributed by atoms with Crippen LogP contribution >= 0.6 is 0 Å². The van der Waals surface area contributed by atoms with Gasteiger partial charge < -0.3 is 9.73 Å². The first-order valence-corrected chi connectivity index (χ1v) is 6.29. The predicted molar refractivity (Wildman–Crippen MR) is 73.5 cm³/mol. The van der Waals surface area contributed by atoms with Crippen LogP contribution in [0.2, 0.25) is 0 Å². The van der Waals surface area contributed by atoms with E-state index >= 15 is 0 Å². The molecule has 4 heteroatoms. The fraction of sp³-hybridized carbons (Fsp3) is 0.125. The molecule has 3 aromatic rings. The number of nitrogens with one attached hydrogen (secondary N) is 1. The van der Waals surface area contributed by atoms with Crippen molar-refractivity contribution in [1.82, 2.24) is 5.32 Å². The Morgan fingerprint density at radius 1 is 1.00 bits per heavy atom. The quantitative estimate of drug-likeness (QED) is 0.779. The second-order valence-electron chi connectivity index (χ2n) is 4.54. The summed E-state index contributed by atoms with van der Waals surface area (Å²) in [6, 6.07) is 10.7. The summed E-state index contributed by atoms with van der Waals surface area (Å²) in [5.74, 6) is -1.15. The summed E-state index contributed by atoms with van der Waals surface area (Å²) in [4.78, 5) is 0. The molecular weight excluding hydrogens is 260 g/mol. The van der Waals surface area contributed by atoms with E-state index < -0.39 is 17.7 Å². The average Bonchev–Trinajstić information content (AvgIpc) is 2.87. The Labute approximate surface area is 115 Å². The molecule has 0 aliphatic rings. The maximum Gasteiger partial charge on any atom is 0.134 e. The molecule has 1 unspecified atom stereocenters. The second-order valence-corrected chi connectivity index (χ2v) is 4.54. The van der Waals surface area contributed by atoms with Crippen LogP contribution in [0.5, 0.6) is 0 Å². The molecule has 0 amide bonds. The van der Waals surface area contributed by atoms with Gasteiger partial charge in [0.1, 0.15) is 17.2 Å². The molecule has 2 aromatic carbocycles. The summed E-state index contributed by atoms with van der Waals surface area (Å²) in [6.07, 6.45) is 1.54. The monoisotopic (exact) mass is 273 g/mol. The Morgan fingerprint density at radius 2 is 1.70 bits per heavy atom. The molecule has 102 valence electrons. The SMILES string of the molecule is CNC(c1c(F)cccc1F)c1coc2ccccc12. The van der Waals surface area contributed by atoms with E-state index in [-0.39, 0.29) is 5.56 Å². The van der Waals surface area contributed by atoms with Crippen molar-refractivity contribution in [3.8, 4) is 0 Å². The number of furan rings is 1. The normalized spacial score (nSPS) is 12.8. The average molecular weight is 273 g/mol. The van der Waals surface area contributed by atoms with E-state index in [9.17, 15) is 8.78 Å². The van der Waals surface area contributed by atoms with Gasteiger partial charge in [-0.05, 0) is 25.2 Å². The molecule has 0 bridgehead atoms. The van der Waals surface area contributed by atoms with Gasteiger partial charge in [-0.3, -0.25) is 0 Å². The van der Waals surface area contributed by atoms with Crippen LogP contribution in [0.4, 0.5) is 8.78 Å². The third-order valence-corrected chi connectivity index (χ3v) is 3.40. The Kier molecular flexibility index (Phi) is 3.24. The maximum atomic E-state index is 14.0. The van der Waals surface area contributed by atoms with Crippen LogP contribution in [0.3, 0.4) is 0 Å². The van der Waals surface area contributed by atoms with E-state index in [2.05, 4.69) is 5.32 Å². The number of hydrogen-bond acceptors (Lipinski definition) is 2. The zero-order valence-electron chi connectivity index (χ0n) is 10.9. The fourth-order valence-corrected chi connectivity index (χ4v) is 2.46. The number of rotatable bonds is 3. The lowest BCUT2D eigenvalue weighted by atomic mass is 9.97. The lowest BCUT2D eigenvalue weighted by molar-refractivity contribution is 0.518. The summed E-state index contributed by atoms with van der Waals surface area (Å²) >= 11 is 0. The van der Waals surface area contributed by atoms with E-state index in [0.717, 1.165) is 5.39 Å². The van der Waals surface area contributed by atoms with Crippen LogP contribution in [-0.4, -0.2) is 7.05 Å². The van der Waals surface area contributed by atoms with Crippen molar-refractivity contribution in [3.63, 3.8) is 0 Å². The van der Waals surface area contributed by atoms with Crippen molar-refractivity contribution < 1.29 is 13.2 Å². The van der Waals surface area contributed by atoms with Crippen LogP contribution in [0.15, 0.2) is 53.1 Å². The third kappa shape index (κ3) is 1.98. The maximum absolute atomic E-state index is 14.0. The topological polar surface area (TPSA) is 25.2 Å². The minimum absolute atomic E-state index is 0.00144. The highest BCUT2D eigenvalue weighted by Gasteiger charge is 2.23. The van der Waals surface area contributed by atoms with Gasteiger partial charge in [0.2, 0.25) is 0 Å². The fourth-order valence-electron chi connectivity index (χ4n) is 2.46. The van der Waals surface area contributed by atoms with E-state index in [1.165, 1.54) is 24.5 Å². The number of hydrogen-bond donors (Lipinski definition) is 1. The molecule has 0 fully saturated rings. The van der Waals surface area contributed by atoms with Gasteiger partial charge in [0.15, 0.2) is 0 Å². The van der Waals surface area contributed by atoms with Gasteiger partial charge in [0.05, 0.1) is 12.3 Å². The molecule has 0 aliphatic heterocycles. The highest BCUT2D eigenvalue weighted by molar-refractivity contribution is 5.81. The molecule has 20 heavy (non-hydrogen) atoms. The zero-order chi connectivity index (χ0) is 14.1. The molecule has 1 aromatic heterocycles. The third-order valence-electron chi connectivity index (χ3n) is 3.40. The summed E-state index contributed by atoms with van der Waals surface area (Å²) in [6.45, 7) is 0. The largest absolute Gasteiger partial charge is 0.464 e. The smallest absolute Gasteiger partial charge is 0.134 e. The van der Waals surface area contributed by atoms with Gasteiger partial charge in [-0.25, -0.2) is 8.78 Å². The van der Waals surface area contributed by atoms with Crippen molar-refractivity contribution in [2.45, 2.75) is 6.04 Å². The van der Waals surface area contributed by atoms with Crippen molar-refractivity contribution in [2.24, 2.45) is 0 Å². The van der Waals surface area contributed by atoms with Gasteiger partial charge in [-0.2, -0.15) is 0 Å². The molecule has 1 atom stereocenters. The molecule has 0 saturated carbocycles. The van der Waals surface area contributed by atoms with E-state index in [1.807, 2.05) is 24.3 Å². The van der Waals surface area contributed by atoms with Gasteiger partial charge in [-0.1, -0.05) is 24.3 Å². The van der Waals surface area contributed by atoms with Crippen molar-refractivity contribution in [1.29, 1.82) is 0 Å². The predicted octanol–water partition coefficient (Wildman–Crippen LogP) is 4.02. The molecule has 1 heterocycles. The van der Waals surface area contributed by atoms with Gasteiger partial charge in [0.25, 0.3) is 0 Å². The Bertz CT molecular complexity index is 731. The highest BCUT2D eigenvalue weighted by atomic mass is 19.1. The number of para-hydroxylation sites is 1. The first-order chi connectivity index (χ1) is 9.72. The van der Waals surface area contributed by atoms with Gasteiger partial charge in [-0.15, -0.1) is 0 Å². The lowest BCUT2D eigenvalue weighted by Crippen LogP contribution is -2.20. The van der Waals surface area contributed by atoms with E-state index in [1.54, 1.807) is 7.05 Å². The number of fused-ring (bicyclic) bond motifs is 1. The first kappa shape index (κ1) is 12.8.